The highest BCUT2D eigenvalue weighted by molar-refractivity contribution is 7.96. The molecule has 1 aliphatic rings. The molecule has 34 heavy (non-hydrogen) atoms. The zero-order valence-electron chi connectivity index (χ0n) is 19.4. The summed E-state index contributed by atoms with van der Waals surface area (Å²) < 4.78 is 14.6. The summed E-state index contributed by atoms with van der Waals surface area (Å²) in [6.45, 7) is 1.97. The molecule has 3 aromatic carbocycles. The van der Waals surface area contributed by atoms with E-state index >= 15 is 0 Å². The second-order valence-corrected chi connectivity index (χ2v) is 11.1. The molecule has 0 aliphatic carbocycles. The van der Waals surface area contributed by atoms with Crippen LogP contribution in [0.4, 0.5) is 0 Å². The molecule has 1 saturated heterocycles. The molecule has 6 nitrogen and oxygen atoms in total. The maximum absolute atomic E-state index is 12.9. The van der Waals surface area contributed by atoms with Crippen molar-refractivity contribution in [1.29, 1.82) is 0 Å². The largest absolute Gasteiger partial charge is 0.463 e. The third-order valence-corrected chi connectivity index (χ3v) is 9.77. The van der Waals surface area contributed by atoms with Crippen molar-refractivity contribution in [3.63, 3.8) is 0 Å². The lowest BCUT2D eigenvalue weighted by Gasteiger charge is -2.31. The second kappa shape index (κ2) is 12.7. The number of hydrogen-bond donors (Lipinski definition) is 2. The predicted molar refractivity (Wildman–Crippen MR) is 136 cm³/mol. The van der Waals surface area contributed by atoms with Crippen molar-refractivity contribution in [2.24, 2.45) is 0 Å². The summed E-state index contributed by atoms with van der Waals surface area (Å²) in [7, 11) is 0. The molecule has 0 saturated carbocycles. The Hall–Kier alpha value is -2.73. The van der Waals surface area contributed by atoms with Gasteiger partial charge in [0, 0.05) is 5.29 Å². The average molecular weight is 483 g/mol. The summed E-state index contributed by atoms with van der Waals surface area (Å²) in [5, 5.41) is 21.4. The Kier molecular flexibility index (Phi) is 9.63. The normalized spacial score (nSPS) is 17.8. The first-order valence-corrected chi connectivity index (χ1v) is 13.0. The minimum Gasteiger partial charge on any atom is -0.463 e. The Morgan fingerprint density at radius 1 is 0.794 bits per heavy atom. The number of benzene rings is 3. The lowest BCUT2D eigenvalue weighted by molar-refractivity contribution is -0.263. The molecule has 1 aliphatic heterocycles. The van der Waals surface area contributed by atoms with Gasteiger partial charge in [-0.2, -0.15) is 0 Å². The SMILES string of the molecule is CCOC(=O)C(C)=P(c1ccccc1)(c1ccccc1)c1ccccc1.OC1COC(O)CO1. The molecule has 0 amide bonds. The molecule has 0 bridgehead atoms. The number of aliphatic hydroxyl groups excluding tert-OH is 2. The lowest BCUT2D eigenvalue weighted by atomic mass is 10.4. The van der Waals surface area contributed by atoms with E-state index in [9.17, 15) is 4.79 Å². The molecule has 3 aromatic rings. The smallest absolute Gasteiger partial charge is 0.334 e. The summed E-state index contributed by atoms with van der Waals surface area (Å²) >= 11 is 0. The van der Waals surface area contributed by atoms with Gasteiger partial charge in [0.05, 0.1) is 6.61 Å². The molecular formula is C27H31O6P. The summed E-state index contributed by atoms with van der Waals surface area (Å²) in [5.41, 5.74) is 0. The van der Waals surface area contributed by atoms with Gasteiger partial charge < -0.3 is 24.4 Å². The van der Waals surface area contributed by atoms with E-state index in [0.29, 0.717) is 6.61 Å². The lowest BCUT2D eigenvalue weighted by Crippen LogP contribution is -2.34. The predicted octanol–water partition coefficient (Wildman–Crippen LogP) is 2.41. The van der Waals surface area contributed by atoms with Crippen molar-refractivity contribution in [1.82, 2.24) is 0 Å². The fraction of sp³-hybridized carbons (Fsp3) is 0.259. The Balaban J connectivity index is 0.000000343. The summed E-state index contributed by atoms with van der Waals surface area (Å²) in [6, 6.07) is 31.0. The van der Waals surface area contributed by atoms with Crippen LogP contribution in [-0.2, 0) is 19.0 Å². The number of aliphatic hydroxyl groups is 2. The Morgan fingerprint density at radius 2 is 1.15 bits per heavy atom. The van der Waals surface area contributed by atoms with Crippen LogP contribution >= 0.6 is 6.89 Å². The van der Waals surface area contributed by atoms with E-state index in [-0.39, 0.29) is 19.2 Å². The van der Waals surface area contributed by atoms with Crippen molar-refractivity contribution in [2.45, 2.75) is 26.4 Å². The van der Waals surface area contributed by atoms with Gasteiger partial charge in [-0.1, -0.05) is 91.0 Å². The van der Waals surface area contributed by atoms with Crippen molar-refractivity contribution in [2.75, 3.05) is 19.8 Å². The van der Waals surface area contributed by atoms with E-state index in [1.165, 1.54) is 0 Å². The monoisotopic (exact) mass is 482 g/mol. The molecule has 1 heterocycles. The number of esters is 1. The number of ether oxygens (including phenoxy) is 3. The number of carbonyl (C=O) groups excluding carboxylic acids is 1. The molecular weight excluding hydrogens is 451 g/mol. The van der Waals surface area contributed by atoms with Crippen LogP contribution in [0.2, 0.25) is 0 Å². The topological polar surface area (TPSA) is 85.2 Å². The highest BCUT2D eigenvalue weighted by Gasteiger charge is 2.31. The van der Waals surface area contributed by atoms with Crippen LogP contribution in [0.5, 0.6) is 0 Å². The Morgan fingerprint density at radius 3 is 1.44 bits per heavy atom. The van der Waals surface area contributed by atoms with Gasteiger partial charge in [0.15, 0.2) is 12.6 Å². The van der Waals surface area contributed by atoms with Gasteiger partial charge >= 0.3 is 5.97 Å². The highest BCUT2D eigenvalue weighted by Crippen LogP contribution is 2.46. The van der Waals surface area contributed by atoms with Gasteiger partial charge in [-0.15, -0.1) is 0 Å². The van der Waals surface area contributed by atoms with E-state index in [4.69, 9.17) is 14.9 Å². The van der Waals surface area contributed by atoms with Gasteiger partial charge in [0.1, 0.15) is 13.2 Å². The summed E-state index contributed by atoms with van der Waals surface area (Å²) in [5.74, 6) is -0.225. The average Bonchev–Trinajstić information content (AvgIpc) is 2.89. The van der Waals surface area contributed by atoms with Gasteiger partial charge in [-0.05, 0) is 36.6 Å². The molecule has 1 fully saturated rings. The van der Waals surface area contributed by atoms with Crippen molar-refractivity contribution < 1.29 is 29.2 Å². The first-order chi connectivity index (χ1) is 16.5. The summed E-state index contributed by atoms with van der Waals surface area (Å²) in [6.07, 6.45) is -1.73. The third-order valence-electron chi connectivity index (χ3n) is 5.37. The zero-order chi connectivity index (χ0) is 24.4. The second-order valence-electron chi connectivity index (χ2n) is 7.56. The molecule has 7 heteroatoms. The first-order valence-electron chi connectivity index (χ1n) is 11.2. The van der Waals surface area contributed by atoms with Crippen LogP contribution in [0.3, 0.4) is 0 Å². The van der Waals surface area contributed by atoms with Gasteiger partial charge in [-0.3, -0.25) is 0 Å². The first kappa shape index (κ1) is 25.9. The van der Waals surface area contributed by atoms with Crippen LogP contribution in [0.1, 0.15) is 13.8 Å². The zero-order valence-corrected chi connectivity index (χ0v) is 20.3. The maximum atomic E-state index is 12.9. The molecule has 2 atom stereocenters. The maximum Gasteiger partial charge on any atom is 0.334 e. The molecule has 4 rings (SSSR count). The van der Waals surface area contributed by atoms with Crippen LogP contribution in [0.15, 0.2) is 91.0 Å². The van der Waals surface area contributed by atoms with E-state index in [1.54, 1.807) is 0 Å². The van der Waals surface area contributed by atoms with Gasteiger partial charge in [-0.25, -0.2) is 4.79 Å². The van der Waals surface area contributed by atoms with E-state index < -0.39 is 19.5 Å². The fourth-order valence-electron chi connectivity index (χ4n) is 3.84. The van der Waals surface area contributed by atoms with Gasteiger partial charge in [0.2, 0.25) is 0 Å². The van der Waals surface area contributed by atoms with E-state index in [1.807, 2.05) is 68.4 Å². The van der Waals surface area contributed by atoms with Crippen molar-refractivity contribution >= 4 is 34.1 Å². The molecule has 0 radical (unpaired) electrons. The Bertz CT molecular complexity index is 964. The van der Waals surface area contributed by atoms with Crippen LogP contribution < -0.4 is 15.9 Å². The minimum atomic E-state index is -2.29. The Labute approximate surface area is 200 Å². The standard InChI is InChI=1S/C23H23O2P.C4H8O4/c1-3-25-23(24)19(2)26(20-13-7-4-8-14-20,21-15-9-5-10-16-21)22-17-11-6-12-18-22;5-3-1-7-4(6)2-8-3/h4-18H,3H2,1-2H3;3-6H,1-2H2. The third kappa shape index (κ3) is 6.03. The number of carbonyl (C=O) groups is 1. The van der Waals surface area contributed by atoms with Crippen LogP contribution in [-0.4, -0.2) is 53.9 Å². The summed E-state index contributed by atoms with van der Waals surface area (Å²) in [4.78, 5) is 12.9. The molecule has 2 unspecified atom stereocenters. The molecule has 0 spiro atoms. The van der Waals surface area contributed by atoms with Crippen molar-refractivity contribution in [3.8, 4) is 0 Å². The van der Waals surface area contributed by atoms with Gasteiger partial charge in [0.25, 0.3) is 0 Å². The quantitative estimate of drug-likeness (QED) is 0.429. The molecule has 180 valence electrons. The van der Waals surface area contributed by atoms with E-state index in [2.05, 4.69) is 45.9 Å². The molecule has 0 aromatic heterocycles. The number of rotatable bonds is 5. The molecule has 2 N–H and O–H groups in total. The van der Waals surface area contributed by atoms with Crippen LogP contribution in [0, 0.1) is 0 Å². The fourth-order valence-corrected chi connectivity index (χ4v) is 8.09. The van der Waals surface area contributed by atoms with Crippen molar-refractivity contribution in [3.05, 3.63) is 91.0 Å². The number of hydrogen-bond acceptors (Lipinski definition) is 6. The van der Waals surface area contributed by atoms with E-state index in [0.717, 1.165) is 21.2 Å². The van der Waals surface area contributed by atoms with Crippen LogP contribution in [0.25, 0.3) is 0 Å². The minimum absolute atomic E-state index is 0.0567. The highest BCUT2D eigenvalue weighted by atomic mass is 31.2.